The second kappa shape index (κ2) is 7.18. The topological polar surface area (TPSA) is 76.5 Å². The SMILES string of the molecule is C[C@@H]1CN(C(=O)c2cnn3c(-c4ccccc4)cc(C(F)F)nc23)C[C@@]1(C)CN. The lowest BCUT2D eigenvalue weighted by Gasteiger charge is -2.25. The molecular formula is C21H23F2N5O. The van der Waals surface area contributed by atoms with Crippen LogP contribution in [0.2, 0.25) is 0 Å². The summed E-state index contributed by atoms with van der Waals surface area (Å²) < 4.78 is 28.5. The normalized spacial score (nSPS) is 22.0. The van der Waals surface area contributed by atoms with Crippen LogP contribution in [0.15, 0.2) is 42.6 Å². The van der Waals surface area contributed by atoms with Crippen molar-refractivity contribution < 1.29 is 13.6 Å². The number of rotatable bonds is 4. The van der Waals surface area contributed by atoms with E-state index < -0.39 is 6.43 Å². The average molecular weight is 399 g/mol. The molecule has 1 amide bonds. The van der Waals surface area contributed by atoms with Crippen LogP contribution in [0.1, 0.15) is 36.3 Å². The summed E-state index contributed by atoms with van der Waals surface area (Å²) in [4.78, 5) is 19.0. The van der Waals surface area contributed by atoms with E-state index in [1.54, 1.807) is 4.90 Å². The third kappa shape index (κ3) is 3.27. The van der Waals surface area contributed by atoms with Gasteiger partial charge in [-0.05, 0) is 18.5 Å². The number of likely N-dealkylation sites (tertiary alicyclic amines) is 1. The zero-order valence-corrected chi connectivity index (χ0v) is 16.3. The summed E-state index contributed by atoms with van der Waals surface area (Å²) in [7, 11) is 0. The standard InChI is InChI=1S/C21H23F2N5O/c1-13-10-27(12-21(13,2)11-24)20(29)15-9-25-28-17(14-6-4-3-5-7-14)8-16(18(22)23)26-19(15)28/h3-9,13,18H,10-12,24H2,1-2H3/t13-,21-/m1/s1. The number of hydrogen-bond acceptors (Lipinski definition) is 4. The summed E-state index contributed by atoms with van der Waals surface area (Å²) in [6.07, 6.45) is -1.34. The van der Waals surface area contributed by atoms with Crippen LogP contribution < -0.4 is 5.73 Å². The van der Waals surface area contributed by atoms with Crippen LogP contribution in [0.5, 0.6) is 0 Å². The highest BCUT2D eigenvalue weighted by molar-refractivity contribution is 6.00. The molecule has 0 bridgehead atoms. The van der Waals surface area contributed by atoms with Crippen molar-refractivity contribution in [2.75, 3.05) is 19.6 Å². The molecule has 0 aliphatic carbocycles. The highest BCUT2D eigenvalue weighted by Crippen LogP contribution is 2.35. The Balaban J connectivity index is 1.81. The third-order valence-corrected chi connectivity index (χ3v) is 6.00. The average Bonchev–Trinajstić information content (AvgIpc) is 3.29. The number of benzene rings is 1. The molecule has 4 rings (SSSR count). The Morgan fingerprint density at radius 2 is 2.07 bits per heavy atom. The van der Waals surface area contributed by atoms with Crippen molar-refractivity contribution in [3.05, 3.63) is 53.9 Å². The highest BCUT2D eigenvalue weighted by Gasteiger charge is 2.42. The van der Waals surface area contributed by atoms with Gasteiger partial charge in [-0.3, -0.25) is 4.79 Å². The van der Waals surface area contributed by atoms with Gasteiger partial charge in [0.05, 0.1) is 11.9 Å². The maximum atomic E-state index is 13.5. The minimum Gasteiger partial charge on any atom is -0.338 e. The molecule has 0 saturated carbocycles. The minimum atomic E-state index is -2.76. The number of carbonyl (C=O) groups is 1. The first-order valence-corrected chi connectivity index (χ1v) is 9.55. The van der Waals surface area contributed by atoms with E-state index in [0.717, 1.165) is 5.56 Å². The van der Waals surface area contributed by atoms with Crippen molar-refractivity contribution >= 4 is 11.6 Å². The van der Waals surface area contributed by atoms with E-state index in [4.69, 9.17) is 5.73 Å². The maximum absolute atomic E-state index is 13.5. The van der Waals surface area contributed by atoms with Crippen molar-refractivity contribution in [3.63, 3.8) is 0 Å². The predicted octanol–water partition coefficient (Wildman–Crippen LogP) is 3.39. The number of fused-ring (bicyclic) bond motifs is 1. The molecule has 2 N–H and O–H groups in total. The van der Waals surface area contributed by atoms with Crippen molar-refractivity contribution in [1.82, 2.24) is 19.5 Å². The Labute approximate surface area is 167 Å². The molecule has 1 fully saturated rings. The van der Waals surface area contributed by atoms with Crippen molar-refractivity contribution in [2.24, 2.45) is 17.1 Å². The molecule has 2 atom stereocenters. The predicted molar refractivity (Wildman–Crippen MR) is 106 cm³/mol. The van der Waals surface area contributed by atoms with Crippen LogP contribution >= 0.6 is 0 Å². The number of halogens is 2. The Kier molecular flexibility index (Phi) is 4.82. The Morgan fingerprint density at radius 3 is 2.69 bits per heavy atom. The summed E-state index contributed by atoms with van der Waals surface area (Å²) in [5.41, 5.74) is 6.91. The number of nitrogens with zero attached hydrogens (tertiary/aromatic N) is 4. The van der Waals surface area contributed by atoms with Gasteiger partial charge in [-0.1, -0.05) is 44.2 Å². The summed E-state index contributed by atoms with van der Waals surface area (Å²) in [5, 5.41) is 4.30. The first-order valence-electron chi connectivity index (χ1n) is 9.55. The number of amides is 1. The molecule has 1 saturated heterocycles. The molecule has 0 unspecified atom stereocenters. The second-order valence-electron chi connectivity index (χ2n) is 7.97. The van der Waals surface area contributed by atoms with Gasteiger partial charge in [0.1, 0.15) is 11.3 Å². The van der Waals surface area contributed by atoms with Gasteiger partial charge in [0, 0.05) is 24.1 Å². The van der Waals surface area contributed by atoms with Gasteiger partial charge in [-0.2, -0.15) is 5.10 Å². The monoisotopic (exact) mass is 399 g/mol. The number of alkyl halides is 2. The molecular weight excluding hydrogens is 376 g/mol. The van der Waals surface area contributed by atoms with Crippen molar-refractivity contribution in [1.29, 1.82) is 0 Å². The fourth-order valence-corrected chi connectivity index (χ4v) is 3.86. The molecule has 152 valence electrons. The molecule has 0 spiro atoms. The smallest absolute Gasteiger partial charge is 0.280 e. The number of aromatic nitrogens is 3. The number of carbonyl (C=O) groups excluding carboxylic acids is 1. The molecule has 8 heteroatoms. The van der Waals surface area contributed by atoms with Crippen LogP contribution in [-0.2, 0) is 0 Å². The second-order valence-corrected chi connectivity index (χ2v) is 7.97. The quantitative estimate of drug-likeness (QED) is 0.730. The lowest BCUT2D eigenvalue weighted by molar-refractivity contribution is 0.0778. The van der Waals surface area contributed by atoms with E-state index in [1.165, 1.54) is 16.8 Å². The lowest BCUT2D eigenvalue weighted by atomic mass is 9.81. The van der Waals surface area contributed by atoms with Crippen LogP contribution in [-0.4, -0.2) is 45.0 Å². The number of nitrogens with two attached hydrogens (primary N) is 1. The third-order valence-electron chi connectivity index (χ3n) is 6.00. The Morgan fingerprint density at radius 1 is 1.34 bits per heavy atom. The van der Waals surface area contributed by atoms with Gasteiger partial charge in [-0.15, -0.1) is 0 Å². The fourth-order valence-electron chi connectivity index (χ4n) is 3.86. The molecule has 6 nitrogen and oxygen atoms in total. The molecule has 3 heterocycles. The maximum Gasteiger partial charge on any atom is 0.280 e. The van der Waals surface area contributed by atoms with E-state index in [9.17, 15) is 13.6 Å². The van der Waals surface area contributed by atoms with Gasteiger partial charge in [0.25, 0.3) is 12.3 Å². The number of hydrogen-bond donors (Lipinski definition) is 1. The molecule has 29 heavy (non-hydrogen) atoms. The lowest BCUT2D eigenvalue weighted by Crippen LogP contribution is -2.35. The van der Waals surface area contributed by atoms with Crippen LogP contribution in [0, 0.1) is 11.3 Å². The van der Waals surface area contributed by atoms with Crippen LogP contribution in [0.3, 0.4) is 0 Å². The summed E-state index contributed by atoms with van der Waals surface area (Å²) >= 11 is 0. The Hall–Kier alpha value is -2.87. The largest absolute Gasteiger partial charge is 0.338 e. The molecule has 1 aliphatic heterocycles. The van der Waals surface area contributed by atoms with Gasteiger partial charge < -0.3 is 10.6 Å². The van der Waals surface area contributed by atoms with E-state index in [-0.39, 0.29) is 34.1 Å². The summed E-state index contributed by atoms with van der Waals surface area (Å²) in [6, 6.07) is 10.4. The van der Waals surface area contributed by atoms with Gasteiger partial charge in [0.2, 0.25) is 0 Å². The van der Waals surface area contributed by atoms with E-state index >= 15 is 0 Å². The zero-order valence-electron chi connectivity index (χ0n) is 16.3. The van der Waals surface area contributed by atoms with Gasteiger partial charge in [0.15, 0.2) is 5.65 Å². The Bertz CT molecular complexity index is 1050. The molecule has 1 aliphatic rings. The first-order chi connectivity index (χ1) is 13.8. The minimum absolute atomic E-state index is 0.139. The van der Waals surface area contributed by atoms with E-state index in [0.29, 0.717) is 25.3 Å². The molecule has 3 aromatic rings. The van der Waals surface area contributed by atoms with Crippen molar-refractivity contribution in [2.45, 2.75) is 20.3 Å². The molecule has 1 aromatic carbocycles. The first kappa shape index (κ1) is 19.4. The van der Waals surface area contributed by atoms with E-state index in [1.807, 2.05) is 30.3 Å². The van der Waals surface area contributed by atoms with Gasteiger partial charge >= 0.3 is 0 Å². The van der Waals surface area contributed by atoms with E-state index in [2.05, 4.69) is 23.9 Å². The van der Waals surface area contributed by atoms with Gasteiger partial charge in [-0.25, -0.2) is 18.3 Å². The summed E-state index contributed by atoms with van der Waals surface area (Å²) in [6.45, 7) is 5.67. The zero-order chi connectivity index (χ0) is 20.8. The van der Waals surface area contributed by atoms with Crippen LogP contribution in [0.4, 0.5) is 8.78 Å². The summed E-state index contributed by atoms with van der Waals surface area (Å²) in [5.74, 6) is -0.0234. The fraction of sp³-hybridized carbons (Fsp3) is 0.381. The van der Waals surface area contributed by atoms with Crippen LogP contribution in [0.25, 0.3) is 16.9 Å². The molecule has 2 aromatic heterocycles. The highest BCUT2D eigenvalue weighted by atomic mass is 19.3. The molecule has 0 radical (unpaired) electrons. The van der Waals surface area contributed by atoms with Crippen molar-refractivity contribution in [3.8, 4) is 11.3 Å².